The standard InChI is InChI=1S/C18H17NO4S/c1-21-14-8-6-13(7-9-14)10-11-22-17(20)12-24-18-19-15-4-2-3-5-16(15)23-18/h2-9H,10-12H2,1H3. The van der Waals surface area contributed by atoms with Gasteiger partial charge in [-0.3, -0.25) is 4.79 Å². The monoisotopic (exact) mass is 343 g/mol. The summed E-state index contributed by atoms with van der Waals surface area (Å²) in [5.74, 6) is 0.705. The lowest BCUT2D eigenvalue weighted by molar-refractivity contribution is -0.140. The molecule has 6 heteroatoms. The second-order valence-electron chi connectivity index (χ2n) is 5.05. The first-order valence-electron chi connectivity index (χ1n) is 7.51. The van der Waals surface area contributed by atoms with Crippen LogP contribution in [0.5, 0.6) is 5.75 Å². The zero-order valence-electron chi connectivity index (χ0n) is 13.2. The second kappa shape index (κ2) is 7.88. The highest BCUT2D eigenvalue weighted by atomic mass is 32.2. The Kier molecular flexibility index (Phi) is 5.38. The van der Waals surface area contributed by atoms with Crippen molar-refractivity contribution in [2.75, 3.05) is 19.5 Å². The molecule has 5 nitrogen and oxygen atoms in total. The third kappa shape index (κ3) is 4.29. The number of hydrogen-bond acceptors (Lipinski definition) is 6. The first kappa shape index (κ1) is 16.4. The lowest BCUT2D eigenvalue weighted by atomic mass is 10.1. The number of carbonyl (C=O) groups excluding carboxylic acids is 1. The summed E-state index contributed by atoms with van der Waals surface area (Å²) in [6.45, 7) is 0.347. The summed E-state index contributed by atoms with van der Waals surface area (Å²) in [6, 6.07) is 15.2. The van der Waals surface area contributed by atoms with Gasteiger partial charge in [-0.15, -0.1) is 0 Å². The van der Waals surface area contributed by atoms with E-state index in [4.69, 9.17) is 13.9 Å². The Labute approximate surface area is 144 Å². The van der Waals surface area contributed by atoms with E-state index in [0.717, 1.165) is 16.8 Å². The predicted octanol–water partition coefficient (Wildman–Crippen LogP) is 3.71. The van der Waals surface area contributed by atoms with Gasteiger partial charge < -0.3 is 13.9 Å². The van der Waals surface area contributed by atoms with E-state index in [1.54, 1.807) is 7.11 Å². The lowest BCUT2D eigenvalue weighted by Gasteiger charge is -2.05. The van der Waals surface area contributed by atoms with E-state index in [1.807, 2.05) is 48.5 Å². The molecular formula is C18H17NO4S. The van der Waals surface area contributed by atoms with E-state index >= 15 is 0 Å². The Morgan fingerprint density at radius 1 is 1.17 bits per heavy atom. The van der Waals surface area contributed by atoms with E-state index in [1.165, 1.54) is 11.8 Å². The number of fused-ring (bicyclic) bond motifs is 1. The second-order valence-corrected chi connectivity index (χ2v) is 5.98. The van der Waals surface area contributed by atoms with E-state index in [-0.39, 0.29) is 11.7 Å². The number of benzene rings is 2. The van der Waals surface area contributed by atoms with Crippen LogP contribution in [0.15, 0.2) is 58.2 Å². The van der Waals surface area contributed by atoms with Gasteiger partial charge in [0.1, 0.15) is 17.0 Å². The number of ether oxygens (including phenoxy) is 2. The van der Waals surface area contributed by atoms with E-state index in [2.05, 4.69) is 4.98 Å². The minimum atomic E-state index is -0.282. The fourth-order valence-electron chi connectivity index (χ4n) is 2.15. The average molecular weight is 343 g/mol. The minimum Gasteiger partial charge on any atom is -0.497 e. The van der Waals surface area contributed by atoms with Crippen molar-refractivity contribution in [3.63, 3.8) is 0 Å². The van der Waals surface area contributed by atoms with Crippen molar-refractivity contribution in [3.05, 3.63) is 54.1 Å². The van der Waals surface area contributed by atoms with Crippen LogP contribution in [0, 0.1) is 0 Å². The highest BCUT2D eigenvalue weighted by Crippen LogP contribution is 2.23. The maximum absolute atomic E-state index is 11.8. The number of oxazole rings is 1. The quantitative estimate of drug-likeness (QED) is 0.481. The molecule has 3 rings (SSSR count). The number of carbonyl (C=O) groups is 1. The van der Waals surface area contributed by atoms with Crippen molar-refractivity contribution < 1.29 is 18.7 Å². The fourth-order valence-corrected chi connectivity index (χ4v) is 2.79. The number of rotatable bonds is 7. The maximum atomic E-state index is 11.8. The Bertz CT molecular complexity index is 780. The largest absolute Gasteiger partial charge is 0.497 e. The fraction of sp³-hybridized carbons (Fsp3) is 0.222. The molecule has 1 heterocycles. The third-order valence-electron chi connectivity index (χ3n) is 3.40. The lowest BCUT2D eigenvalue weighted by Crippen LogP contribution is -2.10. The molecule has 24 heavy (non-hydrogen) atoms. The van der Waals surface area contributed by atoms with Crippen LogP contribution >= 0.6 is 11.8 Å². The van der Waals surface area contributed by atoms with Crippen molar-refractivity contribution >= 4 is 28.8 Å². The van der Waals surface area contributed by atoms with E-state index < -0.39 is 0 Å². The summed E-state index contributed by atoms with van der Waals surface area (Å²) >= 11 is 1.24. The molecule has 1 aromatic heterocycles. The summed E-state index contributed by atoms with van der Waals surface area (Å²) in [5, 5.41) is 0.475. The molecule has 0 aliphatic carbocycles. The van der Waals surface area contributed by atoms with Crippen LogP contribution in [0.25, 0.3) is 11.1 Å². The van der Waals surface area contributed by atoms with Gasteiger partial charge in [-0.2, -0.15) is 0 Å². The van der Waals surface area contributed by atoms with Gasteiger partial charge in [0.2, 0.25) is 0 Å². The topological polar surface area (TPSA) is 61.6 Å². The predicted molar refractivity (Wildman–Crippen MR) is 92.4 cm³/mol. The van der Waals surface area contributed by atoms with Crippen LogP contribution in [0.1, 0.15) is 5.56 Å². The molecule has 0 radical (unpaired) electrons. The SMILES string of the molecule is COc1ccc(CCOC(=O)CSc2nc3ccccc3o2)cc1. The molecule has 0 amide bonds. The van der Waals surface area contributed by atoms with E-state index in [9.17, 15) is 4.79 Å². The Balaban J connectivity index is 1.42. The third-order valence-corrected chi connectivity index (χ3v) is 4.20. The first-order valence-corrected chi connectivity index (χ1v) is 8.50. The molecule has 0 spiro atoms. The molecule has 0 unspecified atom stereocenters. The van der Waals surface area contributed by atoms with Gasteiger partial charge in [0.25, 0.3) is 5.22 Å². The van der Waals surface area contributed by atoms with Crippen LogP contribution in [-0.4, -0.2) is 30.4 Å². The van der Waals surface area contributed by atoms with Crippen LogP contribution in [0.3, 0.4) is 0 Å². The Hall–Kier alpha value is -2.47. The number of aromatic nitrogens is 1. The number of para-hydroxylation sites is 2. The van der Waals surface area contributed by atoms with Crippen LogP contribution in [0.4, 0.5) is 0 Å². The zero-order valence-corrected chi connectivity index (χ0v) is 14.0. The smallest absolute Gasteiger partial charge is 0.316 e. The summed E-state index contributed by atoms with van der Waals surface area (Å²) in [7, 11) is 1.63. The Morgan fingerprint density at radius 2 is 1.96 bits per heavy atom. The van der Waals surface area contributed by atoms with Gasteiger partial charge in [0.15, 0.2) is 5.58 Å². The summed E-state index contributed by atoms with van der Waals surface area (Å²) in [4.78, 5) is 16.1. The van der Waals surface area contributed by atoms with Crippen molar-refractivity contribution in [3.8, 4) is 5.75 Å². The number of nitrogens with zero attached hydrogens (tertiary/aromatic N) is 1. The molecule has 0 saturated heterocycles. The molecule has 0 bridgehead atoms. The van der Waals surface area contributed by atoms with Crippen molar-refractivity contribution in [1.29, 1.82) is 0 Å². The minimum absolute atomic E-state index is 0.176. The number of hydrogen-bond donors (Lipinski definition) is 0. The summed E-state index contributed by atoms with van der Waals surface area (Å²) in [5.41, 5.74) is 2.59. The molecule has 3 aromatic rings. The molecule has 0 aliphatic rings. The van der Waals surface area contributed by atoms with Crippen molar-refractivity contribution in [2.24, 2.45) is 0 Å². The van der Waals surface area contributed by atoms with Gasteiger partial charge in [-0.05, 0) is 29.8 Å². The highest BCUT2D eigenvalue weighted by molar-refractivity contribution is 7.99. The molecule has 0 aliphatic heterocycles. The van der Waals surface area contributed by atoms with Gasteiger partial charge in [0.05, 0.1) is 13.7 Å². The molecule has 2 aromatic carbocycles. The number of esters is 1. The summed E-state index contributed by atoms with van der Waals surface area (Å²) in [6.07, 6.45) is 0.670. The van der Waals surface area contributed by atoms with Crippen molar-refractivity contribution in [1.82, 2.24) is 4.98 Å². The number of methoxy groups -OCH3 is 1. The van der Waals surface area contributed by atoms with Gasteiger partial charge in [-0.25, -0.2) is 4.98 Å². The normalized spacial score (nSPS) is 10.7. The molecule has 0 fully saturated rings. The van der Waals surface area contributed by atoms with Crippen LogP contribution in [0.2, 0.25) is 0 Å². The van der Waals surface area contributed by atoms with Gasteiger partial charge >= 0.3 is 5.97 Å². The summed E-state index contributed by atoms with van der Waals surface area (Å²) < 4.78 is 15.9. The van der Waals surface area contributed by atoms with Crippen molar-refractivity contribution in [2.45, 2.75) is 11.6 Å². The molecule has 0 N–H and O–H groups in total. The zero-order chi connectivity index (χ0) is 16.8. The highest BCUT2D eigenvalue weighted by Gasteiger charge is 2.10. The van der Waals surface area contributed by atoms with E-state index in [0.29, 0.717) is 23.8 Å². The van der Waals surface area contributed by atoms with Crippen LogP contribution < -0.4 is 4.74 Å². The molecular weight excluding hydrogens is 326 g/mol. The average Bonchev–Trinajstić information content (AvgIpc) is 3.03. The molecule has 0 saturated carbocycles. The number of thioether (sulfide) groups is 1. The van der Waals surface area contributed by atoms with Gasteiger partial charge in [0, 0.05) is 6.42 Å². The Morgan fingerprint density at radius 3 is 2.71 bits per heavy atom. The maximum Gasteiger partial charge on any atom is 0.316 e. The van der Waals surface area contributed by atoms with Gasteiger partial charge in [-0.1, -0.05) is 36.0 Å². The molecule has 0 atom stereocenters. The molecule has 124 valence electrons. The first-order chi connectivity index (χ1) is 11.7. The van der Waals surface area contributed by atoms with Crippen LogP contribution in [-0.2, 0) is 16.0 Å².